The lowest BCUT2D eigenvalue weighted by atomic mass is 10.0. The molecular weight excluding hydrogens is 276 g/mol. The number of hydrogen-bond acceptors (Lipinski definition) is 5. The Morgan fingerprint density at radius 3 is 2.55 bits per heavy atom. The molecule has 0 spiro atoms. The van der Waals surface area contributed by atoms with Crippen LogP contribution >= 0.6 is 11.6 Å². The number of hydrazine groups is 1. The number of hydrogen-bond donors (Lipinski definition) is 2. The van der Waals surface area contributed by atoms with Crippen LogP contribution in [-0.2, 0) is 13.5 Å². The van der Waals surface area contributed by atoms with E-state index >= 15 is 0 Å². The molecule has 1 unspecified atom stereocenters. The molecule has 0 aromatic carbocycles. The molecule has 6 nitrogen and oxygen atoms in total. The SMILES string of the molecule is Cc1cc(C(Cc2c(Cl)c(C)nn2C)NN)c(C)nn1. The van der Waals surface area contributed by atoms with Gasteiger partial charge in [0.25, 0.3) is 0 Å². The molecule has 2 rings (SSSR count). The molecule has 0 aliphatic rings. The molecule has 2 aromatic heterocycles. The fourth-order valence-electron chi connectivity index (χ4n) is 2.28. The Morgan fingerprint density at radius 1 is 1.30 bits per heavy atom. The van der Waals surface area contributed by atoms with E-state index < -0.39 is 0 Å². The summed E-state index contributed by atoms with van der Waals surface area (Å²) in [6.07, 6.45) is 0.638. The second kappa shape index (κ2) is 5.87. The lowest BCUT2D eigenvalue weighted by Gasteiger charge is -2.18. The maximum atomic E-state index is 6.29. The van der Waals surface area contributed by atoms with Crippen LogP contribution in [0.5, 0.6) is 0 Å². The summed E-state index contributed by atoms with van der Waals surface area (Å²) >= 11 is 6.29. The van der Waals surface area contributed by atoms with Crippen LogP contribution in [0.1, 0.15) is 34.4 Å². The number of halogens is 1. The molecule has 0 fully saturated rings. The maximum Gasteiger partial charge on any atom is 0.0847 e. The van der Waals surface area contributed by atoms with Crippen molar-refractivity contribution in [1.82, 2.24) is 25.4 Å². The Bertz CT molecular complexity index is 622. The van der Waals surface area contributed by atoms with E-state index in [9.17, 15) is 0 Å². The van der Waals surface area contributed by atoms with E-state index in [4.69, 9.17) is 17.4 Å². The van der Waals surface area contributed by atoms with Gasteiger partial charge in [-0.1, -0.05) is 11.6 Å². The zero-order valence-corrected chi connectivity index (χ0v) is 12.9. The number of rotatable bonds is 4. The first kappa shape index (κ1) is 14.9. The second-order valence-corrected chi connectivity index (χ2v) is 5.30. The third-order valence-corrected chi connectivity index (χ3v) is 3.87. The third kappa shape index (κ3) is 2.82. The van der Waals surface area contributed by atoms with E-state index in [-0.39, 0.29) is 6.04 Å². The highest BCUT2D eigenvalue weighted by molar-refractivity contribution is 6.31. The first-order valence-corrected chi connectivity index (χ1v) is 6.76. The van der Waals surface area contributed by atoms with Gasteiger partial charge in [-0.05, 0) is 32.4 Å². The molecule has 0 saturated carbocycles. The minimum absolute atomic E-state index is 0.0866. The van der Waals surface area contributed by atoms with Gasteiger partial charge in [0.15, 0.2) is 0 Å². The molecule has 0 saturated heterocycles. The summed E-state index contributed by atoms with van der Waals surface area (Å²) < 4.78 is 1.79. The van der Waals surface area contributed by atoms with E-state index in [0.29, 0.717) is 11.4 Å². The van der Waals surface area contributed by atoms with Gasteiger partial charge in [0.1, 0.15) is 0 Å². The van der Waals surface area contributed by atoms with Crippen LogP contribution in [0.25, 0.3) is 0 Å². The van der Waals surface area contributed by atoms with Crippen LogP contribution < -0.4 is 11.3 Å². The van der Waals surface area contributed by atoms with Crippen molar-refractivity contribution in [1.29, 1.82) is 0 Å². The molecule has 2 aromatic rings. The van der Waals surface area contributed by atoms with Crippen molar-refractivity contribution >= 4 is 11.6 Å². The number of aromatic nitrogens is 4. The van der Waals surface area contributed by atoms with Gasteiger partial charge >= 0.3 is 0 Å². The number of nitrogens with zero attached hydrogens (tertiary/aromatic N) is 4. The molecule has 0 bridgehead atoms. The van der Waals surface area contributed by atoms with E-state index in [1.54, 1.807) is 4.68 Å². The molecule has 7 heteroatoms. The topological polar surface area (TPSA) is 81.7 Å². The molecule has 0 aliphatic carbocycles. The van der Waals surface area contributed by atoms with Crippen LogP contribution in [0.15, 0.2) is 6.07 Å². The van der Waals surface area contributed by atoms with Crippen molar-refractivity contribution < 1.29 is 0 Å². The largest absolute Gasteiger partial charge is 0.271 e. The van der Waals surface area contributed by atoms with Gasteiger partial charge in [-0.25, -0.2) is 0 Å². The Kier molecular flexibility index (Phi) is 4.37. The number of nitrogens with two attached hydrogens (primary N) is 1. The van der Waals surface area contributed by atoms with Crippen LogP contribution in [0.4, 0.5) is 0 Å². The zero-order valence-electron chi connectivity index (χ0n) is 12.1. The van der Waals surface area contributed by atoms with Crippen molar-refractivity contribution in [2.24, 2.45) is 12.9 Å². The maximum absolute atomic E-state index is 6.29. The summed E-state index contributed by atoms with van der Waals surface area (Å²) in [7, 11) is 1.88. The molecule has 108 valence electrons. The van der Waals surface area contributed by atoms with E-state index in [2.05, 4.69) is 20.7 Å². The van der Waals surface area contributed by atoms with Crippen LogP contribution in [0.2, 0.25) is 5.02 Å². The van der Waals surface area contributed by atoms with Crippen molar-refractivity contribution in [3.8, 4) is 0 Å². The predicted molar refractivity (Wildman–Crippen MR) is 78.2 cm³/mol. The first-order chi connectivity index (χ1) is 9.43. The van der Waals surface area contributed by atoms with Gasteiger partial charge in [0.2, 0.25) is 0 Å². The average Bonchev–Trinajstić information content (AvgIpc) is 2.65. The molecular formula is C13H19ClN6. The zero-order chi connectivity index (χ0) is 14.9. The average molecular weight is 295 g/mol. The van der Waals surface area contributed by atoms with Gasteiger partial charge in [-0.15, -0.1) is 0 Å². The van der Waals surface area contributed by atoms with E-state index in [0.717, 1.165) is 28.3 Å². The summed E-state index contributed by atoms with van der Waals surface area (Å²) in [6, 6.07) is 1.90. The highest BCUT2D eigenvalue weighted by Crippen LogP contribution is 2.26. The number of aryl methyl sites for hydroxylation is 4. The van der Waals surface area contributed by atoms with Gasteiger partial charge in [-0.2, -0.15) is 15.3 Å². The Balaban J connectivity index is 2.36. The molecule has 3 N–H and O–H groups in total. The molecule has 0 radical (unpaired) electrons. The molecule has 2 heterocycles. The van der Waals surface area contributed by atoms with Crippen molar-refractivity contribution in [2.45, 2.75) is 33.2 Å². The molecule has 20 heavy (non-hydrogen) atoms. The predicted octanol–water partition coefficient (Wildman–Crippen LogP) is 1.54. The lowest BCUT2D eigenvalue weighted by Crippen LogP contribution is -2.31. The fraction of sp³-hybridized carbons (Fsp3) is 0.462. The normalized spacial score (nSPS) is 12.7. The minimum atomic E-state index is -0.0866. The van der Waals surface area contributed by atoms with Gasteiger partial charge in [0.05, 0.1) is 33.8 Å². The summed E-state index contributed by atoms with van der Waals surface area (Å²) in [5.41, 5.74) is 7.33. The first-order valence-electron chi connectivity index (χ1n) is 6.39. The quantitative estimate of drug-likeness (QED) is 0.660. The standard InChI is InChI=1S/C13H19ClN6/c1-7-5-10(8(2)18-17-7)11(16-15)6-12-13(14)9(3)19-20(12)4/h5,11,16H,6,15H2,1-4H3. The molecule has 0 amide bonds. The van der Waals surface area contributed by atoms with Crippen molar-refractivity contribution in [3.63, 3.8) is 0 Å². The third-order valence-electron chi connectivity index (χ3n) is 3.38. The second-order valence-electron chi connectivity index (χ2n) is 4.92. The summed E-state index contributed by atoms with van der Waals surface area (Å²) in [6.45, 7) is 5.72. The summed E-state index contributed by atoms with van der Waals surface area (Å²) in [5.74, 6) is 5.71. The van der Waals surface area contributed by atoms with Gasteiger partial charge in [-0.3, -0.25) is 16.0 Å². The molecule has 0 aliphatic heterocycles. The fourth-order valence-corrected chi connectivity index (χ4v) is 2.51. The Morgan fingerprint density at radius 2 is 2.00 bits per heavy atom. The number of nitrogens with one attached hydrogen (secondary N) is 1. The van der Waals surface area contributed by atoms with Crippen LogP contribution in [0, 0.1) is 20.8 Å². The minimum Gasteiger partial charge on any atom is -0.271 e. The smallest absolute Gasteiger partial charge is 0.0847 e. The highest BCUT2D eigenvalue weighted by Gasteiger charge is 2.20. The van der Waals surface area contributed by atoms with E-state index in [1.165, 1.54) is 0 Å². The lowest BCUT2D eigenvalue weighted by molar-refractivity contribution is 0.523. The van der Waals surface area contributed by atoms with Gasteiger partial charge < -0.3 is 0 Å². The van der Waals surface area contributed by atoms with Gasteiger partial charge in [0, 0.05) is 13.5 Å². The molecule has 1 atom stereocenters. The Hall–Kier alpha value is -1.50. The van der Waals surface area contributed by atoms with Crippen molar-refractivity contribution in [2.75, 3.05) is 0 Å². The summed E-state index contributed by atoms with van der Waals surface area (Å²) in [5, 5.41) is 13.2. The van der Waals surface area contributed by atoms with Crippen molar-refractivity contribution in [3.05, 3.63) is 39.4 Å². The summed E-state index contributed by atoms with van der Waals surface area (Å²) in [4.78, 5) is 0. The monoisotopic (exact) mass is 294 g/mol. The van der Waals surface area contributed by atoms with Crippen LogP contribution in [-0.4, -0.2) is 20.0 Å². The Labute approximate surface area is 123 Å². The van der Waals surface area contributed by atoms with E-state index in [1.807, 2.05) is 33.9 Å². The van der Waals surface area contributed by atoms with Crippen LogP contribution in [0.3, 0.4) is 0 Å². The highest BCUT2D eigenvalue weighted by atomic mass is 35.5.